The number of halogens is 1. The summed E-state index contributed by atoms with van der Waals surface area (Å²) >= 11 is 0. The number of pyridine rings is 1. The second-order valence-electron chi connectivity index (χ2n) is 7.42. The smallest absolute Gasteiger partial charge is 0.341 e. The quantitative estimate of drug-likeness (QED) is 0.710. The van der Waals surface area contributed by atoms with Crippen LogP contribution in [0.1, 0.15) is 35.7 Å². The van der Waals surface area contributed by atoms with Gasteiger partial charge in [0.15, 0.2) is 11.6 Å². The molecule has 1 saturated carbocycles. The average Bonchev–Trinajstić information content (AvgIpc) is 3.53. The van der Waals surface area contributed by atoms with Crippen molar-refractivity contribution in [2.45, 2.75) is 31.4 Å². The number of piperidine rings is 1. The molecule has 2 aromatic rings. The first-order chi connectivity index (χ1) is 13.9. The highest BCUT2D eigenvalue weighted by atomic mass is 19.1. The molecule has 0 radical (unpaired) electrons. The van der Waals surface area contributed by atoms with E-state index in [9.17, 15) is 19.8 Å². The molecule has 1 atom stereocenters. The molecule has 1 aromatic heterocycles. The van der Waals surface area contributed by atoms with Crippen LogP contribution in [0.15, 0.2) is 28.8 Å². The van der Waals surface area contributed by atoms with Crippen LogP contribution in [0, 0.1) is 5.82 Å². The van der Waals surface area contributed by atoms with Gasteiger partial charge < -0.3 is 30.2 Å². The molecular weight excluding hydrogens is 381 g/mol. The van der Waals surface area contributed by atoms with E-state index in [0.29, 0.717) is 24.1 Å². The number of fused-ring (bicyclic) bond motifs is 1. The van der Waals surface area contributed by atoms with Crippen molar-refractivity contribution in [1.82, 2.24) is 4.57 Å². The Morgan fingerprint density at radius 2 is 2.10 bits per heavy atom. The van der Waals surface area contributed by atoms with Gasteiger partial charge in [-0.3, -0.25) is 4.79 Å². The first-order valence-corrected chi connectivity index (χ1v) is 9.39. The van der Waals surface area contributed by atoms with Gasteiger partial charge in [0, 0.05) is 25.3 Å². The molecule has 4 N–H and O–H groups in total. The maximum Gasteiger partial charge on any atom is 0.341 e. The fourth-order valence-electron chi connectivity index (χ4n) is 3.95. The summed E-state index contributed by atoms with van der Waals surface area (Å²) in [6.07, 6.45) is 4.00. The normalized spacial score (nSPS) is 21.0. The Hall–Kier alpha value is -3.07. The van der Waals surface area contributed by atoms with E-state index >= 15 is 4.39 Å². The van der Waals surface area contributed by atoms with E-state index in [0.717, 1.165) is 18.9 Å². The van der Waals surface area contributed by atoms with Gasteiger partial charge in [-0.1, -0.05) is 0 Å². The molecule has 2 aliphatic rings. The lowest BCUT2D eigenvalue weighted by Crippen LogP contribution is -2.39. The molecular formula is C20H22FN3O5. The van der Waals surface area contributed by atoms with E-state index in [1.54, 1.807) is 9.47 Å². The number of rotatable bonds is 4. The van der Waals surface area contributed by atoms with Crippen molar-refractivity contribution in [3.63, 3.8) is 0 Å². The zero-order valence-electron chi connectivity index (χ0n) is 15.9. The summed E-state index contributed by atoms with van der Waals surface area (Å²) in [6, 6.07) is 1.11. The third kappa shape index (κ3) is 3.11. The topological polar surface area (TPSA) is 118 Å². The summed E-state index contributed by atoms with van der Waals surface area (Å²) in [5, 5.41) is 19.4. The molecule has 2 heterocycles. The van der Waals surface area contributed by atoms with Crippen molar-refractivity contribution < 1.29 is 24.1 Å². The van der Waals surface area contributed by atoms with Gasteiger partial charge in [0.25, 0.3) is 0 Å². The predicted molar refractivity (Wildman–Crippen MR) is 105 cm³/mol. The van der Waals surface area contributed by atoms with Crippen LogP contribution in [0.3, 0.4) is 0 Å². The van der Waals surface area contributed by atoms with E-state index < -0.39 is 28.9 Å². The molecule has 154 valence electrons. The number of benzene rings is 1. The standard InChI is InChI=1S/C20H22FN3O5/c1-29-19-16-12(18(26)13(20(27)28)9-24(16)11-2-3-11)6-14(21)17(19)23-5-4-15(25)10(7-22)8-23/h6-7,9,11,15,25H,2-5,8,22H2,1H3,(H,27,28)/b10-7+. The molecule has 8 nitrogen and oxygen atoms in total. The minimum atomic E-state index is -1.35. The molecule has 29 heavy (non-hydrogen) atoms. The highest BCUT2D eigenvalue weighted by Gasteiger charge is 2.32. The molecule has 1 aromatic carbocycles. The van der Waals surface area contributed by atoms with Crippen LogP contribution in [0.4, 0.5) is 10.1 Å². The van der Waals surface area contributed by atoms with E-state index in [2.05, 4.69) is 0 Å². The number of hydrogen-bond acceptors (Lipinski definition) is 6. The highest BCUT2D eigenvalue weighted by molar-refractivity contribution is 5.97. The lowest BCUT2D eigenvalue weighted by Gasteiger charge is -2.34. The van der Waals surface area contributed by atoms with Crippen LogP contribution in [-0.4, -0.2) is 47.1 Å². The number of aromatic nitrogens is 1. The number of nitrogens with zero attached hydrogens (tertiary/aromatic N) is 2. The molecule has 1 saturated heterocycles. The molecule has 1 aliphatic carbocycles. The molecule has 0 amide bonds. The Labute approximate surface area is 165 Å². The van der Waals surface area contributed by atoms with Gasteiger partial charge in [-0.05, 0) is 37.1 Å². The minimum Gasteiger partial charge on any atom is -0.492 e. The first-order valence-electron chi connectivity index (χ1n) is 9.39. The van der Waals surface area contributed by atoms with Crippen molar-refractivity contribution in [3.8, 4) is 5.75 Å². The van der Waals surface area contributed by atoms with Gasteiger partial charge in [0.2, 0.25) is 5.43 Å². The van der Waals surface area contributed by atoms with Crippen LogP contribution >= 0.6 is 0 Å². The number of nitrogens with two attached hydrogens (primary N) is 1. The Kier molecular flexibility index (Phi) is 4.70. The van der Waals surface area contributed by atoms with Crippen molar-refractivity contribution in [2.75, 3.05) is 25.1 Å². The third-order valence-corrected chi connectivity index (χ3v) is 5.58. The zero-order valence-corrected chi connectivity index (χ0v) is 15.9. The number of ether oxygens (including phenoxy) is 1. The van der Waals surface area contributed by atoms with Gasteiger partial charge in [-0.25, -0.2) is 9.18 Å². The van der Waals surface area contributed by atoms with E-state index in [1.807, 2.05) is 0 Å². The fourth-order valence-corrected chi connectivity index (χ4v) is 3.95. The predicted octanol–water partition coefficient (Wildman–Crippen LogP) is 1.60. The maximum absolute atomic E-state index is 15.2. The van der Waals surface area contributed by atoms with Gasteiger partial charge >= 0.3 is 5.97 Å². The van der Waals surface area contributed by atoms with Gasteiger partial charge in [-0.15, -0.1) is 0 Å². The second-order valence-corrected chi connectivity index (χ2v) is 7.42. The molecule has 0 spiro atoms. The number of aromatic carboxylic acids is 1. The Bertz CT molecular complexity index is 1090. The Morgan fingerprint density at radius 1 is 1.38 bits per heavy atom. The summed E-state index contributed by atoms with van der Waals surface area (Å²) in [7, 11) is 1.39. The maximum atomic E-state index is 15.2. The van der Waals surface area contributed by atoms with E-state index in [4.69, 9.17) is 10.5 Å². The molecule has 0 bridgehead atoms. The van der Waals surface area contributed by atoms with Gasteiger partial charge in [-0.2, -0.15) is 0 Å². The lowest BCUT2D eigenvalue weighted by atomic mass is 10.0. The third-order valence-electron chi connectivity index (χ3n) is 5.58. The van der Waals surface area contributed by atoms with E-state index in [-0.39, 0.29) is 29.4 Å². The van der Waals surface area contributed by atoms with Crippen LogP contribution < -0.4 is 20.8 Å². The molecule has 9 heteroatoms. The number of aliphatic hydroxyl groups excluding tert-OH is 1. The number of methoxy groups -OCH3 is 1. The highest BCUT2D eigenvalue weighted by Crippen LogP contribution is 2.44. The van der Waals surface area contributed by atoms with Crippen molar-refractivity contribution in [3.05, 3.63) is 45.6 Å². The van der Waals surface area contributed by atoms with Gasteiger partial charge in [0.1, 0.15) is 11.3 Å². The number of carboxylic acids is 1. The van der Waals surface area contributed by atoms with Crippen LogP contribution in [-0.2, 0) is 0 Å². The van der Waals surface area contributed by atoms with Crippen LogP contribution in [0.25, 0.3) is 10.9 Å². The minimum absolute atomic E-state index is 0.0264. The van der Waals surface area contributed by atoms with Crippen LogP contribution in [0.5, 0.6) is 5.75 Å². The Balaban J connectivity index is 1.99. The summed E-state index contributed by atoms with van der Waals surface area (Å²) in [5.41, 5.74) is 5.57. The summed E-state index contributed by atoms with van der Waals surface area (Å²) in [6.45, 7) is 0.593. The van der Waals surface area contributed by atoms with Gasteiger partial charge in [0.05, 0.1) is 24.1 Å². The zero-order chi connectivity index (χ0) is 20.9. The lowest BCUT2D eigenvalue weighted by molar-refractivity contribution is 0.0694. The molecule has 4 rings (SSSR count). The largest absolute Gasteiger partial charge is 0.492 e. The van der Waals surface area contributed by atoms with E-state index in [1.165, 1.54) is 19.5 Å². The molecule has 2 fully saturated rings. The van der Waals surface area contributed by atoms with Crippen molar-refractivity contribution >= 4 is 22.6 Å². The number of carboxylic acid groups (broad SMARTS) is 1. The fraction of sp³-hybridized carbons (Fsp3) is 0.400. The van der Waals surface area contributed by atoms with Crippen molar-refractivity contribution in [1.29, 1.82) is 0 Å². The Morgan fingerprint density at radius 3 is 2.69 bits per heavy atom. The number of aliphatic hydroxyl groups is 1. The SMILES string of the molecule is COc1c(N2CCC(O)/C(=C/N)C2)c(F)cc2c(=O)c(C(=O)O)cn(C3CC3)c12. The number of carbonyl (C=O) groups is 1. The monoisotopic (exact) mass is 403 g/mol. The summed E-state index contributed by atoms with van der Waals surface area (Å²) < 4.78 is 22.5. The number of hydrogen-bond donors (Lipinski definition) is 3. The van der Waals surface area contributed by atoms with Crippen molar-refractivity contribution in [2.24, 2.45) is 5.73 Å². The second kappa shape index (κ2) is 7.07. The first kappa shape index (κ1) is 19.3. The molecule has 1 unspecified atom stereocenters. The average molecular weight is 403 g/mol. The number of anilines is 1. The summed E-state index contributed by atoms with van der Waals surface area (Å²) in [5.74, 6) is -1.87. The molecule has 1 aliphatic heterocycles. The summed E-state index contributed by atoms with van der Waals surface area (Å²) in [4.78, 5) is 26.0. The van der Waals surface area contributed by atoms with Crippen LogP contribution in [0.2, 0.25) is 0 Å².